The van der Waals surface area contributed by atoms with E-state index in [4.69, 9.17) is 88.3 Å². The normalized spacial score (nSPS) is 31.0. The average Bonchev–Trinajstić information content (AvgIpc) is 0.760. The number of hydrogen-bond donors (Lipinski definition) is 3. The second kappa shape index (κ2) is 36.4. The SMILES string of the molecule is C=CCO[C@@H]1O[C@@H](C(=O)OC)[C@@H](O[C@H]2O[C@H](COS(=O)(=O)O)[C@@H](O[C@@H]3O[C@@H](C(=O)OC)[C@@H](O[C@H]4O[C@@H]5COC(c6ccccc6)O[C@H]5[C@H](OCc5ccccc5)[C@H]4N=[N+]=[N-])[C@H](OCc4ccccc4)[C@H]3OS(=O)(=O)O)[C@H](OCc3ccccc3)[C@H]2N=[N+]=[N-])[C@H](OCc2ccccc2)[C@H]1OS(=O)(=O)O. The van der Waals surface area contributed by atoms with E-state index in [2.05, 4.69) is 26.6 Å². The predicted octanol–water partition coefficient (Wildman–Crippen LogP) is 5.60. The lowest BCUT2D eigenvalue weighted by molar-refractivity contribution is -0.382. The molecule has 36 nitrogen and oxygen atoms in total. The molecule has 5 heterocycles. The summed E-state index contributed by atoms with van der Waals surface area (Å²) in [6.45, 7) is -0.00686. The van der Waals surface area contributed by atoms with Crippen LogP contribution < -0.4 is 0 Å². The van der Waals surface area contributed by atoms with Gasteiger partial charge in [-0.1, -0.05) is 168 Å². The van der Waals surface area contributed by atoms with Crippen LogP contribution in [0, 0.1) is 0 Å². The van der Waals surface area contributed by atoms with Gasteiger partial charge in [-0.05, 0) is 33.3 Å². The molecule has 0 aromatic heterocycles. The molecule has 5 aliphatic heterocycles. The van der Waals surface area contributed by atoms with Gasteiger partial charge in [-0.3, -0.25) is 13.7 Å². The third-order valence-electron chi connectivity index (χ3n) is 16.5. The van der Waals surface area contributed by atoms with E-state index in [-0.39, 0.29) is 13.2 Å². The molecule has 0 aliphatic carbocycles. The molecule has 1 unspecified atom stereocenters. The first-order chi connectivity index (χ1) is 49.5. The van der Waals surface area contributed by atoms with Gasteiger partial charge < -0.3 is 75.8 Å². The highest BCUT2D eigenvalue weighted by Crippen LogP contribution is 2.43. The van der Waals surface area contributed by atoms with Gasteiger partial charge in [0.05, 0.1) is 60.5 Å². The number of fused-ring (bicyclic) bond motifs is 1. The molecule has 3 N–H and O–H groups in total. The minimum atomic E-state index is -5.82. The Morgan fingerprint density at radius 1 is 0.495 bits per heavy atom. The van der Waals surface area contributed by atoms with Crippen molar-refractivity contribution < 1.29 is 137 Å². The van der Waals surface area contributed by atoms with Crippen LogP contribution >= 0.6 is 0 Å². The van der Waals surface area contributed by atoms with E-state index in [1.165, 1.54) is 6.08 Å². The Morgan fingerprint density at radius 3 is 1.34 bits per heavy atom. The highest BCUT2D eigenvalue weighted by molar-refractivity contribution is 7.81. The van der Waals surface area contributed by atoms with Crippen LogP contribution in [-0.2, 0) is 156 Å². The van der Waals surface area contributed by atoms with E-state index in [0.29, 0.717) is 27.8 Å². The van der Waals surface area contributed by atoms with Crippen molar-refractivity contribution in [2.24, 2.45) is 10.2 Å². The number of nitrogens with zero attached hydrogens (tertiary/aromatic N) is 6. The maximum absolute atomic E-state index is 14.7. The van der Waals surface area contributed by atoms with Gasteiger partial charge in [0.25, 0.3) is 0 Å². The lowest BCUT2D eigenvalue weighted by Gasteiger charge is -2.51. The van der Waals surface area contributed by atoms with Gasteiger partial charge in [0.15, 0.2) is 55.9 Å². The monoisotopic (exact) mass is 1500 g/mol. The molecule has 5 aromatic carbocycles. The molecule has 103 heavy (non-hydrogen) atoms. The van der Waals surface area contributed by atoms with Crippen LogP contribution in [0.25, 0.3) is 20.9 Å². The van der Waals surface area contributed by atoms with Crippen molar-refractivity contribution in [2.75, 3.05) is 34.0 Å². The van der Waals surface area contributed by atoms with Crippen molar-refractivity contribution in [2.45, 2.75) is 155 Å². The maximum Gasteiger partial charge on any atom is 0.397 e. The van der Waals surface area contributed by atoms with E-state index in [9.17, 15) is 59.6 Å². The molecular formula is C64H72N6O30S3. The van der Waals surface area contributed by atoms with Gasteiger partial charge in [-0.2, -0.15) is 25.3 Å². The third kappa shape index (κ3) is 21.1. The Kier molecular flexibility index (Phi) is 27.6. The summed E-state index contributed by atoms with van der Waals surface area (Å²) in [7, 11) is -15.0. The van der Waals surface area contributed by atoms with Gasteiger partial charge in [0.2, 0.25) is 0 Å². The molecule has 0 amide bonds. The van der Waals surface area contributed by atoms with Crippen molar-refractivity contribution in [3.63, 3.8) is 0 Å². The second-order valence-corrected chi connectivity index (χ2v) is 26.4. The molecule has 5 saturated heterocycles. The lowest BCUT2D eigenvalue weighted by Crippen LogP contribution is -2.69. The molecule has 556 valence electrons. The predicted molar refractivity (Wildman–Crippen MR) is 346 cm³/mol. The van der Waals surface area contributed by atoms with Crippen LogP contribution in [0.2, 0.25) is 0 Å². The number of carbonyl (C=O) groups excluding carboxylic acids is 2. The van der Waals surface area contributed by atoms with E-state index < -0.39 is 205 Å². The average molecular weight is 1500 g/mol. The number of esters is 2. The number of ether oxygens (including phenoxy) is 16. The minimum absolute atomic E-state index is 0.112. The summed E-state index contributed by atoms with van der Waals surface area (Å²) in [6, 6.07) is 38.2. The Labute approximate surface area is 590 Å². The van der Waals surface area contributed by atoms with Crippen LogP contribution in [-0.4, -0.2) is 208 Å². The number of hydrogen-bond acceptors (Lipinski definition) is 29. The van der Waals surface area contributed by atoms with Gasteiger partial charge >= 0.3 is 43.1 Å². The summed E-state index contributed by atoms with van der Waals surface area (Å²) in [4.78, 5) is 34.9. The van der Waals surface area contributed by atoms with E-state index in [1.54, 1.807) is 152 Å². The third-order valence-corrected chi connectivity index (χ3v) is 17.8. The summed E-state index contributed by atoms with van der Waals surface area (Å²) < 4.78 is 225. The van der Waals surface area contributed by atoms with Crippen LogP contribution in [0.1, 0.15) is 34.1 Å². The zero-order chi connectivity index (χ0) is 73.3. The Bertz CT molecular complexity index is 4030. The Morgan fingerprint density at radius 2 is 0.903 bits per heavy atom. The highest BCUT2D eigenvalue weighted by atomic mass is 32.3. The number of azide groups is 2. The Hall–Kier alpha value is -7.55. The van der Waals surface area contributed by atoms with E-state index in [0.717, 1.165) is 14.2 Å². The zero-order valence-corrected chi connectivity index (χ0v) is 57.0. The fraction of sp³-hybridized carbons (Fsp3) is 0.469. The fourth-order valence-electron chi connectivity index (χ4n) is 12.0. The molecule has 5 fully saturated rings. The maximum atomic E-state index is 14.7. The van der Waals surface area contributed by atoms with E-state index in [1.807, 2.05) is 0 Å². The van der Waals surface area contributed by atoms with E-state index >= 15 is 0 Å². The number of benzene rings is 5. The first-order valence-electron chi connectivity index (χ1n) is 31.5. The Balaban J connectivity index is 1.08. The molecule has 0 radical (unpaired) electrons. The summed E-state index contributed by atoms with van der Waals surface area (Å²) in [5.41, 5.74) is 23.3. The van der Waals surface area contributed by atoms with Crippen molar-refractivity contribution in [1.29, 1.82) is 0 Å². The molecule has 5 aromatic rings. The topological polar surface area (TPSA) is 470 Å². The smallest absolute Gasteiger partial charge is 0.397 e. The summed E-state index contributed by atoms with van der Waals surface area (Å²) >= 11 is 0. The first-order valence-corrected chi connectivity index (χ1v) is 35.6. The van der Waals surface area contributed by atoms with Crippen LogP contribution in [0.4, 0.5) is 0 Å². The fourth-order valence-corrected chi connectivity index (χ4v) is 13.3. The number of carbonyl (C=O) groups is 2. The largest absolute Gasteiger partial charge is 0.467 e. The van der Waals surface area contributed by atoms with Gasteiger partial charge in [-0.25, -0.2) is 22.1 Å². The lowest BCUT2D eigenvalue weighted by atomic mass is 9.93. The first kappa shape index (κ1) is 78.0. The molecule has 0 saturated carbocycles. The highest BCUT2D eigenvalue weighted by Gasteiger charge is 2.61. The van der Waals surface area contributed by atoms with Crippen molar-refractivity contribution in [3.8, 4) is 0 Å². The van der Waals surface area contributed by atoms with Gasteiger partial charge in [0.1, 0.15) is 73.1 Å². The molecule has 39 heteroatoms. The molecule has 10 rings (SSSR count). The number of methoxy groups -OCH3 is 2. The van der Waals surface area contributed by atoms with Crippen molar-refractivity contribution in [1.82, 2.24) is 0 Å². The minimum Gasteiger partial charge on any atom is -0.467 e. The van der Waals surface area contributed by atoms with Crippen LogP contribution in [0.15, 0.2) is 175 Å². The second-order valence-electron chi connectivity index (χ2n) is 23.2. The van der Waals surface area contributed by atoms with Crippen molar-refractivity contribution in [3.05, 3.63) is 213 Å². The molecule has 5 aliphatic rings. The summed E-state index contributed by atoms with van der Waals surface area (Å²) in [6.07, 6.45) is -35.6. The van der Waals surface area contributed by atoms with Gasteiger partial charge in [0, 0.05) is 15.4 Å². The number of rotatable bonds is 33. The standard InChI is InChI=1S/C64H72N6O30S3/c1-4-30-84-63-56(99-102(76,77)78)50(87-33-39-24-14-7-15-25-39)52(54(97-63)58(71)82-2)95-62-45(68-70-66)49(86-32-38-22-12-6-13-23-38)47(43(92-62)36-90-101(73,74)75)94-64-57(100-103(79,80)81)51(88-34-40-26-16-8-17-27-40)53(55(98-64)59(72)83-3)96-61-44(67-69-65)48(85-31-37-20-10-5-11-21-37)46-42(91-61)35-89-60(93-46)41-28-18-9-19-29-41/h4-29,42-57,60-64H,1,30-36H2,2-3H3,(H,73,74,75)(H,76,77,78)(H,79,80,81)/t42-,43-,44-,45-,46-,47-,48-,49-,50+,51+,52+,53+,54-,55-,56-,57-,60?,61-,62-,63-,64-/m1/s1. The van der Waals surface area contributed by atoms with Crippen molar-refractivity contribution >= 4 is 43.1 Å². The summed E-state index contributed by atoms with van der Waals surface area (Å²) in [5.74, 6) is -2.59. The molecule has 21 atom stereocenters. The molecular weight excluding hydrogens is 1430 g/mol. The quantitative estimate of drug-likeness (QED) is 0.0115. The summed E-state index contributed by atoms with van der Waals surface area (Å²) in [5, 5.41) is 8.05. The van der Waals surface area contributed by atoms with Crippen LogP contribution in [0.3, 0.4) is 0 Å². The molecule has 0 bridgehead atoms. The molecule has 0 spiro atoms. The van der Waals surface area contributed by atoms with Crippen LogP contribution in [0.5, 0.6) is 0 Å². The zero-order valence-electron chi connectivity index (χ0n) is 54.6. The van der Waals surface area contributed by atoms with Gasteiger partial charge in [-0.15, -0.1) is 6.58 Å².